The van der Waals surface area contributed by atoms with E-state index in [1.54, 1.807) is 13.0 Å². The lowest BCUT2D eigenvalue weighted by Gasteiger charge is -2.17. The van der Waals surface area contributed by atoms with Crippen molar-refractivity contribution in [3.05, 3.63) is 70.5 Å². The summed E-state index contributed by atoms with van der Waals surface area (Å²) in [6.45, 7) is 7.72. The van der Waals surface area contributed by atoms with Crippen LogP contribution in [0.15, 0.2) is 47.4 Å². The molecule has 0 aliphatic carbocycles. The molecular weight excluding hydrogens is 423 g/mol. The van der Waals surface area contributed by atoms with E-state index >= 15 is 0 Å². The van der Waals surface area contributed by atoms with Gasteiger partial charge in [0.2, 0.25) is 0 Å². The number of nitrogens with one attached hydrogen (secondary N) is 1. The van der Waals surface area contributed by atoms with Crippen LogP contribution in [0.4, 0.5) is 18.9 Å². The van der Waals surface area contributed by atoms with Crippen molar-refractivity contribution in [2.24, 2.45) is 5.92 Å². The molecule has 0 heterocycles. The molecule has 154 valence electrons. The monoisotopic (exact) mass is 441 g/mol. The van der Waals surface area contributed by atoms with Crippen molar-refractivity contribution in [3.63, 3.8) is 0 Å². The van der Waals surface area contributed by atoms with Gasteiger partial charge in [0.05, 0.1) is 5.02 Å². The second kappa shape index (κ2) is 9.98. The molecule has 1 N–H and O–H groups in total. The molecule has 8 heteroatoms. The summed E-state index contributed by atoms with van der Waals surface area (Å²) in [5.41, 5.74) is 0.860. The molecular formula is C21H19ClF3NO2S. The average molecular weight is 442 g/mol. The number of benzene rings is 2. The number of aldehydes is 1. The van der Waals surface area contributed by atoms with Crippen molar-refractivity contribution < 1.29 is 22.8 Å². The van der Waals surface area contributed by atoms with Gasteiger partial charge in [0, 0.05) is 39.4 Å². The molecule has 2 unspecified atom stereocenters. The van der Waals surface area contributed by atoms with Crippen molar-refractivity contribution in [3.8, 4) is 0 Å². The van der Waals surface area contributed by atoms with Crippen LogP contribution in [0.5, 0.6) is 0 Å². The Morgan fingerprint density at radius 2 is 1.83 bits per heavy atom. The second-order valence-corrected chi connectivity index (χ2v) is 8.38. The van der Waals surface area contributed by atoms with Gasteiger partial charge in [0.1, 0.15) is 6.29 Å². The van der Waals surface area contributed by atoms with E-state index in [0.717, 1.165) is 11.9 Å². The van der Waals surface area contributed by atoms with Crippen molar-refractivity contribution in [2.75, 3.05) is 5.32 Å². The third-order valence-corrected chi connectivity index (χ3v) is 5.85. The largest absolute Gasteiger partial charge is 0.322 e. The number of hydrogen-bond donors (Lipinski definition) is 1. The van der Waals surface area contributed by atoms with Gasteiger partial charge in [-0.3, -0.25) is 4.79 Å². The number of rotatable bonds is 8. The van der Waals surface area contributed by atoms with Crippen LogP contribution in [-0.2, 0) is 4.79 Å². The molecule has 2 rings (SSSR count). The highest BCUT2D eigenvalue weighted by Crippen LogP contribution is 2.35. The third-order valence-electron chi connectivity index (χ3n) is 4.13. The highest BCUT2D eigenvalue weighted by molar-refractivity contribution is 8.00. The quantitative estimate of drug-likeness (QED) is 0.227. The first-order valence-electron chi connectivity index (χ1n) is 8.67. The summed E-state index contributed by atoms with van der Waals surface area (Å²) >= 11 is 7.60. The van der Waals surface area contributed by atoms with Crippen LogP contribution in [0.3, 0.4) is 0 Å². The number of anilines is 1. The molecule has 2 atom stereocenters. The molecule has 29 heavy (non-hydrogen) atoms. The zero-order chi connectivity index (χ0) is 21.7. The molecule has 0 aliphatic heterocycles. The number of hydrogen-bond acceptors (Lipinski definition) is 3. The maximum absolute atomic E-state index is 13.3. The predicted octanol–water partition coefficient (Wildman–Crippen LogP) is 6.27. The number of halogens is 4. The number of amides is 1. The Hall–Kier alpha value is -2.25. The minimum Gasteiger partial charge on any atom is -0.322 e. The molecule has 0 aliphatic rings. The first-order chi connectivity index (χ1) is 13.6. The molecule has 0 fully saturated rings. The molecule has 0 saturated carbocycles. The molecule has 2 aromatic rings. The van der Waals surface area contributed by atoms with Gasteiger partial charge in [0.25, 0.3) is 5.91 Å². The first kappa shape index (κ1) is 23.0. The summed E-state index contributed by atoms with van der Waals surface area (Å²) in [7, 11) is 0. The molecule has 2 aromatic carbocycles. The van der Waals surface area contributed by atoms with Crippen LogP contribution in [0, 0.1) is 23.4 Å². The minimum atomic E-state index is -1.61. The van der Waals surface area contributed by atoms with E-state index in [4.69, 9.17) is 11.6 Å². The number of carbonyl (C=O) groups excluding carboxylic acids is 2. The van der Waals surface area contributed by atoms with Crippen LogP contribution >= 0.6 is 23.4 Å². The predicted molar refractivity (Wildman–Crippen MR) is 110 cm³/mol. The smallest absolute Gasteiger partial charge is 0.255 e. The average Bonchev–Trinajstić information content (AvgIpc) is 2.67. The van der Waals surface area contributed by atoms with E-state index in [0.29, 0.717) is 28.5 Å². The molecule has 0 aromatic heterocycles. The maximum Gasteiger partial charge on any atom is 0.255 e. The Morgan fingerprint density at radius 1 is 1.21 bits per heavy atom. The van der Waals surface area contributed by atoms with Gasteiger partial charge in [-0.15, -0.1) is 11.8 Å². The van der Waals surface area contributed by atoms with Crippen LogP contribution in [-0.4, -0.2) is 17.4 Å². The summed E-state index contributed by atoms with van der Waals surface area (Å²) in [4.78, 5) is 23.9. The van der Waals surface area contributed by atoms with Gasteiger partial charge < -0.3 is 10.1 Å². The van der Waals surface area contributed by atoms with E-state index in [-0.39, 0.29) is 22.4 Å². The SMILES string of the molecule is C=C(CC(C)C=O)C(C)Sc1cc(C(=O)Nc2cc(F)c(F)c(F)c2)ccc1Cl. The minimum absolute atomic E-state index is 0.0616. The van der Waals surface area contributed by atoms with Gasteiger partial charge in [-0.25, -0.2) is 13.2 Å². The van der Waals surface area contributed by atoms with Crippen LogP contribution in [0.2, 0.25) is 5.02 Å². The van der Waals surface area contributed by atoms with E-state index < -0.39 is 23.4 Å². The van der Waals surface area contributed by atoms with Gasteiger partial charge in [-0.2, -0.15) is 0 Å². The Balaban J connectivity index is 2.16. The first-order valence-corrected chi connectivity index (χ1v) is 9.93. The molecule has 0 radical (unpaired) electrons. The summed E-state index contributed by atoms with van der Waals surface area (Å²) < 4.78 is 39.7. The zero-order valence-corrected chi connectivity index (χ0v) is 17.3. The molecule has 0 bridgehead atoms. The Labute approximate surface area is 176 Å². The normalized spacial score (nSPS) is 12.9. The number of thioether (sulfide) groups is 1. The fraction of sp³-hybridized carbons (Fsp3) is 0.238. The standard InChI is InChI=1S/C21H19ClF3NO2S/c1-11(10-27)6-12(2)13(3)29-19-7-14(4-5-16(19)22)21(28)26-15-8-17(23)20(25)18(24)9-15/h4-5,7-11,13H,2,6H2,1,3H3,(H,26,28). The zero-order valence-electron chi connectivity index (χ0n) is 15.8. The van der Waals surface area contributed by atoms with E-state index in [1.807, 2.05) is 6.92 Å². The Bertz CT molecular complexity index is 929. The second-order valence-electron chi connectivity index (χ2n) is 6.59. The fourth-order valence-corrected chi connectivity index (χ4v) is 3.74. The van der Waals surface area contributed by atoms with Crippen LogP contribution < -0.4 is 5.32 Å². The summed E-state index contributed by atoms with van der Waals surface area (Å²) in [5.74, 6) is -5.18. The lowest BCUT2D eigenvalue weighted by molar-refractivity contribution is -0.110. The van der Waals surface area contributed by atoms with Crippen molar-refractivity contribution >= 4 is 41.2 Å². The highest BCUT2D eigenvalue weighted by atomic mass is 35.5. The number of carbonyl (C=O) groups is 2. The summed E-state index contributed by atoms with van der Waals surface area (Å²) in [6, 6.07) is 5.94. The lowest BCUT2D eigenvalue weighted by atomic mass is 10.0. The van der Waals surface area contributed by atoms with E-state index in [1.165, 1.54) is 23.9 Å². The van der Waals surface area contributed by atoms with E-state index in [2.05, 4.69) is 11.9 Å². The van der Waals surface area contributed by atoms with Gasteiger partial charge in [-0.1, -0.05) is 30.7 Å². The van der Waals surface area contributed by atoms with Crippen molar-refractivity contribution in [1.29, 1.82) is 0 Å². The molecule has 1 amide bonds. The van der Waals surface area contributed by atoms with Gasteiger partial charge in [-0.05, 0) is 31.5 Å². The van der Waals surface area contributed by atoms with E-state index in [9.17, 15) is 22.8 Å². The van der Waals surface area contributed by atoms with Gasteiger partial charge in [0.15, 0.2) is 17.5 Å². The molecule has 0 saturated heterocycles. The summed E-state index contributed by atoms with van der Waals surface area (Å²) in [5, 5.41) is 2.69. The fourth-order valence-electron chi connectivity index (χ4n) is 2.47. The lowest BCUT2D eigenvalue weighted by Crippen LogP contribution is -2.13. The topological polar surface area (TPSA) is 46.2 Å². The maximum atomic E-state index is 13.3. The van der Waals surface area contributed by atoms with Crippen LogP contribution in [0.25, 0.3) is 0 Å². The Kier molecular flexibility index (Phi) is 7.93. The van der Waals surface area contributed by atoms with Crippen molar-refractivity contribution in [1.82, 2.24) is 0 Å². The third kappa shape index (κ3) is 6.11. The van der Waals surface area contributed by atoms with Crippen LogP contribution in [0.1, 0.15) is 30.6 Å². The van der Waals surface area contributed by atoms with Crippen molar-refractivity contribution in [2.45, 2.75) is 30.4 Å². The Morgan fingerprint density at radius 3 is 2.41 bits per heavy atom. The van der Waals surface area contributed by atoms with Gasteiger partial charge >= 0.3 is 0 Å². The molecule has 0 spiro atoms. The molecule has 3 nitrogen and oxygen atoms in total. The summed E-state index contributed by atoms with van der Waals surface area (Å²) in [6.07, 6.45) is 1.40. The highest BCUT2D eigenvalue weighted by Gasteiger charge is 2.17.